The molecule has 1 heterocycles. The van der Waals surface area contributed by atoms with E-state index in [4.69, 9.17) is 4.52 Å². The Bertz CT molecular complexity index is 372. The third-order valence-corrected chi connectivity index (χ3v) is 3.29. The minimum atomic E-state index is -0.0776. The number of rotatable bonds is 6. The summed E-state index contributed by atoms with van der Waals surface area (Å²) in [5.74, 6) is 2.64. The molecule has 1 aliphatic rings. The molecule has 0 bridgehead atoms. The summed E-state index contributed by atoms with van der Waals surface area (Å²) < 4.78 is 5.21. The second kappa shape index (κ2) is 5.80. The summed E-state index contributed by atoms with van der Waals surface area (Å²) in [5, 5.41) is 13.2. The fourth-order valence-corrected chi connectivity index (χ4v) is 2.38. The van der Waals surface area contributed by atoms with E-state index in [9.17, 15) is 5.11 Å². The normalized spacial score (nSPS) is 23.7. The van der Waals surface area contributed by atoms with E-state index in [1.807, 2.05) is 0 Å². The van der Waals surface area contributed by atoms with Gasteiger partial charge in [0.25, 0.3) is 0 Å². The van der Waals surface area contributed by atoms with Crippen LogP contribution >= 0.6 is 0 Å². The fourth-order valence-electron chi connectivity index (χ4n) is 2.38. The van der Waals surface area contributed by atoms with E-state index in [1.54, 1.807) is 0 Å². The van der Waals surface area contributed by atoms with Crippen molar-refractivity contribution in [1.82, 2.24) is 15.0 Å². The van der Waals surface area contributed by atoms with Gasteiger partial charge in [-0.2, -0.15) is 4.98 Å². The van der Waals surface area contributed by atoms with E-state index in [0.29, 0.717) is 18.4 Å². The summed E-state index contributed by atoms with van der Waals surface area (Å²) >= 11 is 0. The van der Waals surface area contributed by atoms with Crippen LogP contribution in [0.2, 0.25) is 0 Å². The van der Waals surface area contributed by atoms with Crippen molar-refractivity contribution < 1.29 is 9.63 Å². The first kappa shape index (κ1) is 13.5. The Kier molecular flexibility index (Phi) is 4.35. The van der Waals surface area contributed by atoms with Crippen molar-refractivity contribution in [3.63, 3.8) is 0 Å². The van der Waals surface area contributed by atoms with Crippen LogP contribution in [0.5, 0.6) is 0 Å². The van der Waals surface area contributed by atoms with Gasteiger partial charge in [-0.3, -0.25) is 4.90 Å². The number of hydrogen-bond acceptors (Lipinski definition) is 5. The standard InChI is InChI=1S/C13H23N3O2/c1-9(2)4-13-14-12(15-18-13)8-16(3)7-10-5-11(17)6-10/h9-11,17H,4-8H2,1-3H3. The Labute approximate surface area is 108 Å². The summed E-state index contributed by atoms with van der Waals surface area (Å²) in [5.41, 5.74) is 0. The van der Waals surface area contributed by atoms with Gasteiger partial charge < -0.3 is 9.63 Å². The molecule has 0 aromatic carbocycles. The van der Waals surface area contributed by atoms with Crippen molar-refractivity contribution in [2.75, 3.05) is 13.6 Å². The minimum absolute atomic E-state index is 0.0776. The van der Waals surface area contributed by atoms with Crippen LogP contribution in [0.1, 0.15) is 38.4 Å². The van der Waals surface area contributed by atoms with Crippen molar-refractivity contribution in [3.05, 3.63) is 11.7 Å². The van der Waals surface area contributed by atoms with Crippen LogP contribution in [0.25, 0.3) is 0 Å². The predicted molar refractivity (Wildman–Crippen MR) is 67.9 cm³/mol. The summed E-state index contributed by atoms with van der Waals surface area (Å²) in [7, 11) is 2.06. The van der Waals surface area contributed by atoms with E-state index >= 15 is 0 Å². The molecule has 0 unspecified atom stereocenters. The lowest BCUT2D eigenvalue weighted by atomic mass is 9.82. The first-order chi connectivity index (χ1) is 8.52. The molecule has 0 amide bonds. The third kappa shape index (κ3) is 3.78. The van der Waals surface area contributed by atoms with E-state index < -0.39 is 0 Å². The zero-order valence-electron chi connectivity index (χ0n) is 11.5. The van der Waals surface area contributed by atoms with E-state index in [2.05, 4.69) is 35.9 Å². The first-order valence-corrected chi connectivity index (χ1v) is 6.71. The molecule has 0 saturated heterocycles. The minimum Gasteiger partial charge on any atom is -0.393 e. The number of aliphatic hydroxyl groups excluding tert-OH is 1. The van der Waals surface area contributed by atoms with Crippen molar-refractivity contribution in [2.24, 2.45) is 11.8 Å². The van der Waals surface area contributed by atoms with Gasteiger partial charge in [0.05, 0.1) is 12.6 Å². The van der Waals surface area contributed by atoms with Gasteiger partial charge in [-0.15, -0.1) is 0 Å². The number of aromatic nitrogens is 2. The van der Waals surface area contributed by atoms with Gasteiger partial charge in [-0.25, -0.2) is 0 Å². The molecule has 1 aromatic rings. The second-order valence-corrected chi connectivity index (χ2v) is 5.89. The number of nitrogens with zero attached hydrogens (tertiary/aromatic N) is 3. The molecule has 2 rings (SSSR count). The first-order valence-electron chi connectivity index (χ1n) is 6.71. The molecule has 1 aliphatic carbocycles. The lowest BCUT2D eigenvalue weighted by Crippen LogP contribution is -2.36. The summed E-state index contributed by atoms with van der Waals surface area (Å²) in [6.45, 7) is 5.98. The molecule has 18 heavy (non-hydrogen) atoms. The molecule has 0 spiro atoms. The molecule has 1 aromatic heterocycles. The van der Waals surface area contributed by atoms with Crippen LogP contribution in [0, 0.1) is 11.8 Å². The monoisotopic (exact) mass is 253 g/mol. The maximum atomic E-state index is 9.25. The summed E-state index contributed by atoms with van der Waals surface area (Å²) in [6, 6.07) is 0. The largest absolute Gasteiger partial charge is 0.393 e. The number of aliphatic hydroxyl groups is 1. The van der Waals surface area contributed by atoms with Gasteiger partial charge in [-0.05, 0) is 31.7 Å². The highest BCUT2D eigenvalue weighted by Gasteiger charge is 2.28. The van der Waals surface area contributed by atoms with E-state index in [-0.39, 0.29) is 6.10 Å². The highest BCUT2D eigenvalue weighted by molar-refractivity contribution is 4.88. The zero-order valence-corrected chi connectivity index (χ0v) is 11.5. The zero-order chi connectivity index (χ0) is 13.1. The molecule has 1 fully saturated rings. The molecule has 1 N–H and O–H groups in total. The number of hydrogen-bond donors (Lipinski definition) is 1. The van der Waals surface area contributed by atoms with Crippen LogP contribution in [0.4, 0.5) is 0 Å². The van der Waals surface area contributed by atoms with Gasteiger partial charge in [0.1, 0.15) is 0 Å². The Morgan fingerprint density at radius 2 is 2.17 bits per heavy atom. The van der Waals surface area contributed by atoms with Crippen molar-refractivity contribution in [3.8, 4) is 0 Å². The van der Waals surface area contributed by atoms with Crippen LogP contribution in [-0.2, 0) is 13.0 Å². The SMILES string of the molecule is CC(C)Cc1nc(CN(C)CC2CC(O)C2)no1. The van der Waals surface area contributed by atoms with Gasteiger partial charge in [-0.1, -0.05) is 19.0 Å². The molecule has 102 valence electrons. The predicted octanol–water partition coefficient (Wildman–Crippen LogP) is 1.47. The highest BCUT2D eigenvalue weighted by Crippen LogP contribution is 2.27. The van der Waals surface area contributed by atoms with Crippen molar-refractivity contribution >= 4 is 0 Å². The van der Waals surface area contributed by atoms with Crippen LogP contribution in [0.3, 0.4) is 0 Å². The maximum Gasteiger partial charge on any atom is 0.226 e. The van der Waals surface area contributed by atoms with Crippen LogP contribution in [0.15, 0.2) is 4.52 Å². The highest BCUT2D eigenvalue weighted by atomic mass is 16.5. The topological polar surface area (TPSA) is 62.4 Å². The Balaban J connectivity index is 1.76. The molecule has 0 radical (unpaired) electrons. The molecule has 1 saturated carbocycles. The van der Waals surface area contributed by atoms with Crippen molar-refractivity contribution in [2.45, 2.75) is 45.8 Å². The van der Waals surface area contributed by atoms with Gasteiger partial charge in [0.15, 0.2) is 5.82 Å². The van der Waals surface area contributed by atoms with Crippen LogP contribution < -0.4 is 0 Å². The Morgan fingerprint density at radius 1 is 1.44 bits per heavy atom. The van der Waals surface area contributed by atoms with Gasteiger partial charge >= 0.3 is 0 Å². The molecule has 0 atom stereocenters. The van der Waals surface area contributed by atoms with Crippen LogP contribution in [-0.4, -0.2) is 39.8 Å². The Morgan fingerprint density at radius 3 is 2.78 bits per heavy atom. The van der Waals surface area contributed by atoms with Gasteiger partial charge in [0, 0.05) is 13.0 Å². The lowest BCUT2D eigenvalue weighted by Gasteiger charge is -2.34. The van der Waals surface area contributed by atoms with E-state index in [1.165, 1.54) is 0 Å². The molecule has 5 heteroatoms. The average Bonchev–Trinajstić information content (AvgIpc) is 2.62. The molecule has 0 aliphatic heterocycles. The maximum absolute atomic E-state index is 9.25. The lowest BCUT2D eigenvalue weighted by molar-refractivity contribution is 0.0270. The van der Waals surface area contributed by atoms with E-state index in [0.717, 1.165) is 37.5 Å². The molecular weight excluding hydrogens is 230 g/mol. The Hall–Kier alpha value is -0.940. The summed E-state index contributed by atoms with van der Waals surface area (Å²) in [4.78, 5) is 6.58. The molecular formula is C13H23N3O2. The summed E-state index contributed by atoms with van der Waals surface area (Å²) in [6.07, 6.45) is 2.61. The second-order valence-electron chi connectivity index (χ2n) is 5.89. The third-order valence-electron chi connectivity index (χ3n) is 3.29. The quantitative estimate of drug-likeness (QED) is 0.832. The molecule has 5 nitrogen and oxygen atoms in total. The fraction of sp³-hybridized carbons (Fsp3) is 0.846. The van der Waals surface area contributed by atoms with Crippen molar-refractivity contribution in [1.29, 1.82) is 0 Å². The average molecular weight is 253 g/mol. The van der Waals surface area contributed by atoms with Gasteiger partial charge in [0.2, 0.25) is 5.89 Å². The smallest absolute Gasteiger partial charge is 0.226 e.